The first-order valence-electron chi connectivity index (χ1n) is 14.8. The lowest BCUT2D eigenvalue weighted by atomic mass is 9.86. The Hall–Kier alpha value is -4.38. The highest BCUT2D eigenvalue weighted by atomic mass is 16.8. The van der Waals surface area contributed by atoms with Crippen molar-refractivity contribution in [2.24, 2.45) is 5.92 Å². The number of esters is 2. The Bertz CT molecular complexity index is 1470. The second-order valence-corrected chi connectivity index (χ2v) is 10.9. The third-order valence-corrected chi connectivity index (χ3v) is 7.77. The Kier molecular flexibility index (Phi) is 12.0. The maximum Gasteiger partial charge on any atom is 0.337 e. The van der Waals surface area contributed by atoms with E-state index < -0.39 is 61.5 Å². The van der Waals surface area contributed by atoms with Gasteiger partial charge in [-0.25, -0.2) is 4.79 Å². The number of aromatic hydroxyl groups is 4. The van der Waals surface area contributed by atoms with Crippen molar-refractivity contribution >= 4 is 11.9 Å². The summed E-state index contributed by atoms with van der Waals surface area (Å²) in [6.45, 7) is 0.673. The van der Waals surface area contributed by atoms with E-state index in [0.29, 0.717) is 11.1 Å². The summed E-state index contributed by atoms with van der Waals surface area (Å²) in [4.78, 5) is 26.3. The molecule has 0 unspecified atom stereocenters. The van der Waals surface area contributed by atoms with Crippen molar-refractivity contribution < 1.29 is 74.1 Å². The molecule has 2 aromatic carbocycles. The standard InChI is InChI=1S/C32H38O15/c1-2-18-19(13-26(38)43-9-7-16-3-5-21(34)23(36)11-16)20(30(42)44-10-8-17-4-6-22(35)24(37)12-17)15-45-31(18)47-32-29(41)28(40)27(39)25(14-33)46-32/h2-6,11-12,15,19,25,27-29,31-37,39-41H,7-10,13-14H2,1H3/t19-,25-,27-,28+,29-,31-,32+/m1/s1. The van der Waals surface area contributed by atoms with Gasteiger partial charge in [0.05, 0.1) is 38.1 Å². The number of phenolic OH excluding ortho intramolecular Hbond substituents is 4. The molecule has 0 aliphatic carbocycles. The second-order valence-electron chi connectivity index (χ2n) is 10.9. The van der Waals surface area contributed by atoms with Gasteiger partial charge in [-0.2, -0.15) is 0 Å². The smallest absolute Gasteiger partial charge is 0.337 e. The quantitative estimate of drug-likeness (QED) is 0.0871. The molecule has 0 amide bonds. The molecule has 4 rings (SSSR count). The van der Waals surface area contributed by atoms with Crippen LogP contribution in [0.1, 0.15) is 24.5 Å². The number of phenols is 4. The average Bonchev–Trinajstić information content (AvgIpc) is 3.04. The van der Waals surface area contributed by atoms with E-state index in [1.165, 1.54) is 30.3 Å². The number of hydrogen-bond acceptors (Lipinski definition) is 15. The lowest BCUT2D eigenvalue weighted by molar-refractivity contribution is -0.327. The van der Waals surface area contributed by atoms with Gasteiger partial charge in [0.1, 0.15) is 24.4 Å². The Morgan fingerprint density at radius 1 is 0.830 bits per heavy atom. The summed E-state index contributed by atoms with van der Waals surface area (Å²) in [6.07, 6.45) is -6.70. The molecular weight excluding hydrogens is 624 g/mol. The van der Waals surface area contributed by atoms with E-state index in [0.717, 1.165) is 6.26 Å². The zero-order chi connectivity index (χ0) is 34.2. The summed E-state index contributed by atoms with van der Waals surface area (Å²) in [5.41, 5.74) is 1.33. The minimum absolute atomic E-state index is 0.0688. The minimum Gasteiger partial charge on any atom is -0.504 e. The van der Waals surface area contributed by atoms with Crippen LogP contribution in [-0.4, -0.2) is 110 Å². The van der Waals surface area contributed by atoms with Crippen molar-refractivity contribution in [3.63, 3.8) is 0 Å². The van der Waals surface area contributed by atoms with Crippen molar-refractivity contribution in [2.45, 2.75) is 63.2 Å². The molecule has 0 radical (unpaired) electrons. The predicted molar refractivity (Wildman–Crippen MR) is 159 cm³/mol. The van der Waals surface area contributed by atoms with E-state index in [2.05, 4.69) is 0 Å². The number of rotatable bonds is 12. The van der Waals surface area contributed by atoms with E-state index in [4.69, 9.17) is 23.7 Å². The van der Waals surface area contributed by atoms with Gasteiger partial charge in [-0.15, -0.1) is 0 Å². The average molecular weight is 663 g/mol. The van der Waals surface area contributed by atoms with Gasteiger partial charge in [0.2, 0.25) is 6.29 Å². The van der Waals surface area contributed by atoms with Crippen LogP contribution in [0.5, 0.6) is 23.0 Å². The fourth-order valence-electron chi connectivity index (χ4n) is 5.11. The summed E-state index contributed by atoms with van der Waals surface area (Å²) < 4.78 is 27.7. The molecule has 256 valence electrons. The number of carbonyl (C=O) groups is 2. The monoisotopic (exact) mass is 662 g/mol. The van der Waals surface area contributed by atoms with Crippen molar-refractivity contribution in [1.82, 2.24) is 0 Å². The molecule has 2 heterocycles. The van der Waals surface area contributed by atoms with Crippen molar-refractivity contribution in [2.75, 3.05) is 19.8 Å². The fraction of sp³-hybridized carbons (Fsp3) is 0.438. The highest BCUT2D eigenvalue weighted by molar-refractivity contribution is 5.91. The Labute approximate surface area is 269 Å². The molecule has 0 bridgehead atoms. The van der Waals surface area contributed by atoms with Gasteiger partial charge < -0.3 is 64.5 Å². The lowest BCUT2D eigenvalue weighted by Crippen LogP contribution is -2.60. The third kappa shape index (κ3) is 8.71. The van der Waals surface area contributed by atoms with Gasteiger partial charge >= 0.3 is 11.9 Å². The highest BCUT2D eigenvalue weighted by Crippen LogP contribution is 2.36. The van der Waals surface area contributed by atoms with Crippen molar-refractivity contribution in [1.29, 1.82) is 0 Å². The first kappa shape index (κ1) is 35.5. The van der Waals surface area contributed by atoms with Crippen molar-refractivity contribution in [3.8, 4) is 23.0 Å². The first-order chi connectivity index (χ1) is 22.4. The molecule has 47 heavy (non-hydrogen) atoms. The van der Waals surface area contributed by atoms with E-state index in [9.17, 15) is 50.4 Å². The lowest BCUT2D eigenvalue weighted by Gasteiger charge is -2.42. The van der Waals surface area contributed by atoms with Crippen LogP contribution in [0.3, 0.4) is 0 Å². The first-order valence-corrected chi connectivity index (χ1v) is 14.8. The van der Waals surface area contributed by atoms with Crippen LogP contribution >= 0.6 is 0 Å². The summed E-state index contributed by atoms with van der Waals surface area (Å²) >= 11 is 0. The van der Waals surface area contributed by atoms with E-state index in [1.54, 1.807) is 19.1 Å². The maximum absolute atomic E-state index is 13.3. The Morgan fingerprint density at radius 3 is 1.98 bits per heavy atom. The molecule has 15 nitrogen and oxygen atoms in total. The van der Waals surface area contributed by atoms with Crippen LogP contribution in [0.15, 0.2) is 59.9 Å². The normalized spacial score (nSPS) is 26.7. The van der Waals surface area contributed by atoms with Crippen LogP contribution in [0, 0.1) is 5.92 Å². The topological polar surface area (TPSA) is 242 Å². The number of allylic oxidation sites excluding steroid dienone is 1. The number of aliphatic hydroxyl groups is 4. The largest absolute Gasteiger partial charge is 0.504 e. The van der Waals surface area contributed by atoms with Crippen LogP contribution < -0.4 is 0 Å². The number of benzene rings is 2. The van der Waals surface area contributed by atoms with Gasteiger partial charge in [0.25, 0.3) is 0 Å². The molecule has 2 aliphatic rings. The van der Waals surface area contributed by atoms with E-state index >= 15 is 0 Å². The van der Waals surface area contributed by atoms with E-state index in [-0.39, 0.29) is 66.6 Å². The number of ether oxygens (including phenoxy) is 5. The van der Waals surface area contributed by atoms with Crippen LogP contribution in [0.25, 0.3) is 0 Å². The zero-order valence-corrected chi connectivity index (χ0v) is 25.3. The molecule has 0 saturated carbocycles. The number of hydrogen-bond donors (Lipinski definition) is 8. The molecule has 2 aromatic rings. The molecule has 2 aliphatic heterocycles. The second kappa shape index (κ2) is 15.9. The number of carbonyl (C=O) groups excluding carboxylic acids is 2. The fourth-order valence-corrected chi connectivity index (χ4v) is 5.11. The maximum atomic E-state index is 13.3. The summed E-state index contributed by atoms with van der Waals surface area (Å²) in [5.74, 6) is -3.82. The Balaban J connectivity index is 1.48. The van der Waals surface area contributed by atoms with Crippen LogP contribution in [-0.2, 0) is 46.1 Å². The summed E-state index contributed by atoms with van der Waals surface area (Å²) in [6, 6.07) is 8.35. The predicted octanol–water partition coefficient (Wildman–Crippen LogP) is 0.390. The highest BCUT2D eigenvalue weighted by Gasteiger charge is 2.47. The summed E-state index contributed by atoms with van der Waals surface area (Å²) in [5, 5.41) is 78.7. The van der Waals surface area contributed by atoms with Crippen molar-refractivity contribution in [3.05, 3.63) is 71.0 Å². The minimum atomic E-state index is -1.74. The van der Waals surface area contributed by atoms with Crippen LogP contribution in [0.4, 0.5) is 0 Å². The molecule has 0 spiro atoms. The molecule has 7 atom stereocenters. The van der Waals surface area contributed by atoms with Gasteiger partial charge in [-0.1, -0.05) is 18.2 Å². The molecule has 0 aromatic heterocycles. The van der Waals surface area contributed by atoms with Gasteiger partial charge in [0, 0.05) is 24.3 Å². The third-order valence-electron chi connectivity index (χ3n) is 7.77. The van der Waals surface area contributed by atoms with Crippen LogP contribution in [0.2, 0.25) is 0 Å². The Morgan fingerprint density at radius 2 is 1.43 bits per heavy atom. The molecule has 8 N–H and O–H groups in total. The van der Waals surface area contributed by atoms with Gasteiger partial charge in [-0.05, 0) is 42.3 Å². The molecule has 1 fully saturated rings. The molecule has 15 heteroatoms. The number of aliphatic hydroxyl groups excluding tert-OH is 4. The SMILES string of the molecule is CC=C1[C@@H](O[C@@H]2O[C@H](CO)[C@@H](O)[C@H](O)[C@H]2O)OC=C(C(=O)OCCc2ccc(O)c(O)c2)[C@@H]1CC(=O)OCCc1ccc(O)c(O)c1. The van der Waals surface area contributed by atoms with E-state index in [1.807, 2.05) is 0 Å². The zero-order valence-electron chi connectivity index (χ0n) is 25.3. The molecule has 1 saturated heterocycles. The van der Waals surface area contributed by atoms with Gasteiger partial charge in [0.15, 0.2) is 29.3 Å². The summed E-state index contributed by atoms with van der Waals surface area (Å²) in [7, 11) is 0. The van der Waals surface area contributed by atoms with Gasteiger partial charge in [-0.3, -0.25) is 4.79 Å². The molecular formula is C32H38O15.